The number of rotatable bonds is 6. The third-order valence-electron chi connectivity index (χ3n) is 3.12. The average molecular weight is 320 g/mol. The molecule has 4 nitrogen and oxygen atoms in total. The lowest BCUT2D eigenvalue weighted by molar-refractivity contribution is -0.127. The van der Waals surface area contributed by atoms with Gasteiger partial charge in [0.05, 0.1) is 7.11 Å². The number of para-hydroxylation sites is 1. The van der Waals surface area contributed by atoms with Gasteiger partial charge in [-0.2, -0.15) is 0 Å². The predicted octanol–water partition coefficient (Wildman–Crippen LogP) is 3.43. The molecule has 1 atom stereocenters. The minimum atomic E-state index is -0.617. The van der Waals surface area contributed by atoms with E-state index in [4.69, 9.17) is 21.1 Å². The van der Waals surface area contributed by atoms with Crippen LogP contribution in [0.2, 0.25) is 5.02 Å². The summed E-state index contributed by atoms with van der Waals surface area (Å²) in [6.45, 7) is 2.07. The Hall–Kier alpha value is -2.20. The van der Waals surface area contributed by atoms with E-state index in [0.29, 0.717) is 17.3 Å². The van der Waals surface area contributed by atoms with Crippen molar-refractivity contribution in [3.63, 3.8) is 0 Å². The summed E-state index contributed by atoms with van der Waals surface area (Å²) in [7, 11) is 1.60. The van der Waals surface area contributed by atoms with Gasteiger partial charge in [-0.1, -0.05) is 35.9 Å². The maximum absolute atomic E-state index is 12.1. The van der Waals surface area contributed by atoms with Crippen LogP contribution in [-0.4, -0.2) is 19.1 Å². The highest BCUT2D eigenvalue weighted by Crippen LogP contribution is 2.19. The SMILES string of the molecule is COc1ccccc1CNC(=O)[C@H](C)Oc1cccc(Cl)c1. The van der Waals surface area contributed by atoms with E-state index in [0.717, 1.165) is 11.3 Å². The normalized spacial score (nSPS) is 11.6. The van der Waals surface area contributed by atoms with Crippen molar-refractivity contribution in [3.8, 4) is 11.5 Å². The van der Waals surface area contributed by atoms with Gasteiger partial charge in [0, 0.05) is 17.1 Å². The fourth-order valence-corrected chi connectivity index (χ4v) is 2.15. The van der Waals surface area contributed by atoms with Gasteiger partial charge in [-0.05, 0) is 31.2 Å². The van der Waals surface area contributed by atoms with Crippen LogP contribution in [0.3, 0.4) is 0 Å². The molecule has 0 heterocycles. The number of hydrogen-bond acceptors (Lipinski definition) is 3. The standard InChI is InChI=1S/C17H18ClNO3/c1-12(22-15-8-5-7-14(18)10-15)17(20)19-11-13-6-3-4-9-16(13)21-2/h3-10,12H,11H2,1-2H3,(H,19,20)/t12-/m0/s1. The van der Waals surface area contributed by atoms with Gasteiger partial charge in [-0.15, -0.1) is 0 Å². The van der Waals surface area contributed by atoms with Gasteiger partial charge in [-0.3, -0.25) is 4.79 Å². The van der Waals surface area contributed by atoms with Crippen molar-refractivity contribution in [1.82, 2.24) is 5.32 Å². The van der Waals surface area contributed by atoms with Crippen LogP contribution < -0.4 is 14.8 Å². The highest BCUT2D eigenvalue weighted by Gasteiger charge is 2.15. The minimum absolute atomic E-state index is 0.203. The summed E-state index contributed by atoms with van der Waals surface area (Å²) in [5, 5.41) is 3.40. The monoisotopic (exact) mass is 319 g/mol. The molecule has 0 saturated carbocycles. The summed E-state index contributed by atoms with van der Waals surface area (Å²) in [5.74, 6) is 1.10. The van der Waals surface area contributed by atoms with Crippen molar-refractivity contribution in [3.05, 3.63) is 59.1 Å². The summed E-state index contributed by atoms with van der Waals surface area (Å²) < 4.78 is 10.8. The first-order chi connectivity index (χ1) is 10.6. The van der Waals surface area contributed by atoms with E-state index in [9.17, 15) is 4.79 Å². The molecule has 2 rings (SSSR count). The molecule has 22 heavy (non-hydrogen) atoms. The second-order valence-electron chi connectivity index (χ2n) is 4.75. The maximum atomic E-state index is 12.1. The lowest BCUT2D eigenvalue weighted by Crippen LogP contribution is -2.35. The van der Waals surface area contributed by atoms with Crippen molar-refractivity contribution in [1.29, 1.82) is 0 Å². The molecule has 0 radical (unpaired) electrons. The fourth-order valence-electron chi connectivity index (χ4n) is 1.97. The summed E-state index contributed by atoms with van der Waals surface area (Å²) in [6, 6.07) is 14.5. The van der Waals surface area contributed by atoms with Gasteiger partial charge in [-0.25, -0.2) is 0 Å². The number of hydrogen-bond donors (Lipinski definition) is 1. The van der Waals surface area contributed by atoms with Gasteiger partial charge < -0.3 is 14.8 Å². The zero-order chi connectivity index (χ0) is 15.9. The van der Waals surface area contributed by atoms with Gasteiger partial charge in [0.25, 0.3) is 5.91 Å². The van der Waals surface area contributed by atoms with Gasteiger partial charge >= 0.3 is 0 Å². The predicted molar refractivity (Wildman–Crippen MR) is 86.4 cm³/mol. The van der Waals surface area contributed by atoms with E-state index in [-0.39, 0.29) is 5.91 Å². The molecule has 1 N–H and O–H groups in total. The van der Waals surface area contributed by atoms with Crippen LogP contribution >= 0.6 is 11.6 Å². The molecule has 0 aliphatic rings. The topological polar surface area (TPSA) is 47.6 Å². The van der Waals surface area contributed by atoms with Crippen molar-refractivity contribution in [2.75, 3.05) is 7.11 Å². The van der Waals surface area contributed by atoms with E-state index >= 15 is 0 Å². The number of carbonyl (C=O) groups is 1. The van der Waals surface area contributed by atoms with Crippen molar-refractivity contribution in [2.24, 2.45) is 0 Å². The Bertz CT molecular complexity index is 645. The molecule has 0 spiro atoms. The third kappa shape index (κ3) is 4.40. The smallest absolute Gasteiger partial charge is 0.261 e. The third-order valence-corrected chi connectivity index (χ3v) is 3.36. The molecule has 5 heteroatoms. The van der Waals surface area contributed by atoms with E-state index in [2.05, 4.69) is 5.32 Å². The van der Waals surface area contributed by atoms with Gasteiger partial charge in [0.1, 0.15) is 11.5 Å². The summed E-state index contributed by atoms with van der Waals surface area (Å²) in [4.78, 5) is 12.1. The quantitative estimate of drug-likeness (QED) is 0.887. The molecule has 0 aromatic heterocycles. The fraction of sp³-hybridized carbons (Fsp3) is 0.235. The van der Waals surface area contributed by atoms with Crippen LogP contribution in [0.1, 0.15) is 12.5 Å². The highest BCUT2D eigenvalue weighted by atomic mass is 35.5. The average Bonchev–Trinajstić information content (AvgIpc) is 2.52. The number of benzene rings is 2. The second kappa shape index (κ2) is 7.71. The number of methoxy groups -OCH3 is 1. The van der Waals surface area contributed by atoms with Crippen molar-refractivity contribution >= 4 is 17.5 Å². The van der Waals surface area contributed by atoms with E-state index in [1.807, 2.05) is 24.3 Å². The first-order valence-electron chi connectivity index (χ1n) is 6.92. The summed E-state index contributed by atoms with van der Waals surface area (Å²) in [6.07, 6.45) is -0.617. The molecule has 0 aliphatic carbocycles. The van der Waals surface area contributed by atoms with Crippen LogP contribution in [0.25, 0.3) is 0 Å². The Morgan fingerprint density at radius 1 is 1.23 bits per heavy atom. The molecule has 116 valence electrons. The number of carbonyl (C=O) groups excluding carboxylic acids is 1. The molecule has 0 saturated heterocycles. The second-order valence-corrected chi connectivity index (χ2v) is 5.18. The number of amides is 1. The Morgan fingerprint density at radius 2 is 2.00 bits per heavy atom. The van der Waals surface area contributed by atoms with Crippen LogP contribution in [0.4, 0.5) is 0 Å². The molecule has 2 aromatic carbocycles. The molecule has 0 fully saturated rings. The molecule has 0 bridgehead atoms. The number of nitrogens with one attached hydrogen (secondary N) is 1. The molecule has 2 aromatic rings. The van der Waals surface area contributed by atoms with Gasteiger partial charge in [0.2, 0.25) is 0 Å². The van der Waals surface area contributed by atoms with E-state index in [1.54, 1.807) is 38.3 Å². The zero-order valence-electron chi connectivity index (χ0n) is 12.5. The first kappa shape index (κ1) is 16.2. The molecule has 0 aliphatic heterocycles. The summed E-state index contributed by atoms with van der Waals surface area (Å²) in [5.41, 5.74) is 0.910. The van der Waals surface area contributed by atoms with Crippen molar-refractivity contribution in [2.45, 2.75) is 19.6 Å². The van der Waals surface area contributed by atoms with E-state index in [1.165, 1.54) is 0 Å². The first-order valence-corrected chi connectivity index (χ1v) is 7.30. The largest absolute Gasteiger partial charge is 0.496 e. The minimum Gasteiger partial charge on any atom is -0.496 e. The lowest BCUT2D eigenvalue weighted by Gasteiger charge is -2.15. The summed E-state index contributed by atoms with van der Waals surface area (Å²) >= 11 is 5.89. The van der Waals surface area contributed by atoms with Crippen LogP contribution in [0.15, 0.2) is 48.5 Å². The Morgan fingerprint density at radius 3 is 2.73 bits per heavy atom. The van der Waals surface area contributed by atoms with Gasteiger partial charge in [0.15, 0.2) is 6.10 Å². The molecular weight excluding hydrogens is 302 g/mol. The van der Waals surface area contributed by atoms with Crippen LogP contribution in [0.5, 0.6) is 11.5 Å². The zero-order valence-corrected chi connectivity index (χ0v) is 13.3. The maximum Gasteiger partial charge on any atom is 0.261 e. The Labute approximate surface area is 135 Å². The molecule has 0 unspecified atom stereocenters. The van der Waals surface area contributed by atoms with Crippen molar-refractivity contribution < 1.29 is 14.3 Å². The molecule has 1 amide bonds. The van der Waals surface area contributed by atoms with Crippen LogP contribution in [0, 0.1) is 0 Å². The highest BCUT2D eigenvalue weighted by molar-refractivity contribution is 6.30. The van der Waals surface area contributed by atoms with E-state index < -0.39 is 6.10 Å². The molecular formula is C17H18ClNO3. The number of ether oxygens (including phenoxy) is 2. The Balaban J connectivity index is 1.91. The van der Waals surface area contributed by atoms with Crippen LogP contribution in [-0.2, 0) is 11.3 Å². The number of halogens is 1. The lowest BCUT2D eigenvalue weighted by atomic mass is 10.2. The Kier molecular flexibility index (Phi) is 5.67.